The Balaban J connectivity index is 0.000000199. The van der Waals surface area contributed by atoms with E-state index in [1.165, 1.54) is 35.3 Å². The smallest absolute Gasteiger partial charge is 0.0375 e. The van der Waals surface area contributed by atoms with Gasteiger partial charge in [0.1, 0.15) is 0 Å². The van der Waals surface area contributed by atoms with Gasteiger partial charge in [-0.15, -0.1) is 0 Å². The van der Waals surface area contributed by atoms with Crippen molar-refractivity contribution in [3.63, 3.8) is 0 Å². The van der Waals surface area contributed by atoms with Crippen LogP contribution in [-0.4, -0.2) is 12.1 Å². The highest BCUT2D eigenvalue weighted by atomic mass is 14.9. The molecule has 0 saturated carbocycles. The zero-order valence-electron chi connectivity index (χ0n) is 16.2. The molecule has 2 aromatic carbocycles. The van der Waals surface area contributed by atoms with Crippen molar-refractivity contribution in [2.45, 2.75) is 66.5 Å². The van der Waals surface area contributed by atoms with Gasteiger partial charge < -0.3 is 10.6 Å². The number of anilines is 2. The Morgan fingerprint density at radius 3 is 1.29 bits per heavy atom. The highest BCUT2D eigenvalue weighted by Crippen LogP contribution is 2.25. The molecule has 24 heavy (non-hydrogen) atoms. The van der Waals surface area contributed by atoms with Crippen LogP contribution in [0.3, 0.4) is 0 Å². The number of fused-ring (bicyclic) bond motifs is 2. The van der Waals surface area contributed by atoms with Crippen LogP contribution in [0.2, 0.25) is 0 Å². The highest BCUT2D eigenvalue weighted by Gasteiger charge is 2.15. The molecule has 4 rings (SSSR count). The fourth-order valence-electron chi connectivity index (χ4n) is 2.97. The van der Waals surface area contributed by atoms with Gasteiger partial charge in [-0.1, -0.05) is 64.1 Å². The van der Waals surface area contributed by atoms with Gasteiger partial charge >= 0.3 is 0 Å². The van der Waals surface area contributed by atoms with E-state index in [0.717, 1.165) is 0 Å². The molecule has 0 aliphatic carbocycles. The summed E-state index contributed by atoms with van der Waals surface area (Å²) in [6.45, 7) is 12.4. The first-order chi connectivity index (χ1) is 11.7. The van der Waals surface area contributed by atoms with E-state index in [-0.39, 0.29) is 0 Å². The lowest BCUT2D eigenvalue weighted by atomic mass is 10.1. The molecule has 2 heteroatoms. The Morgan fingerprint density at radius 2 is 0.958 bits per heavy atom. The number of hydrogen-bond acceptors (Lipinski definition) is 2. The van der Waals surface area contributed by atoms with Crippen LogP contribution in [0, 0.1) is 0 Å². The van der Waals surface area contributed by atoms with Gasteiger partial charge in [0.25, 0.3) is 0 Å². The predicted molar refractivity (Wildman–Crippen MR) is 109 cm³/mol. The molecule has 2 aliphatic heterocycles. The van der Waals surface area contributed by atoms with Gasteiger partial charge in [0.15, 0.2) is 0 Å². The van der Waals surface area contributed by atoms with Crippen molar-refractivity contribution in [3.05, 3.63) is 59.7 Å². The maximum absolute atomic E-state index is 3.40. The van der Waals surface area contributed by atoms with E-state index >= 15 is 0 Å². The number of hydrogen-bond donors (Lipinski definition) is 2. The van der Waals surface area contributed by atoms with E-state index in [2.05, 4.69) is 73.0 Å². The van der Waals surface area contributed by atoms with Gasteiger partial charge in [0, 0.05) is 23.5 Å². The summed E-state index contributed by atoms with van der Waals surface area (Å²) in [4.78, 5) is 0. The molecular weight excluding hydrogens is 292 g/mol. The number of benzene rings is 2. The fraction of sp³-hybridized carbons (Fsp3) is 0.455. The topological polar surface area (TPSA) is 24.1 Å². The maximum atomic E-state index is 3.40. The van der Waals surface area contributed by atoms with Crippen LogP contribution < -0.4 is 10.6 Å². The number of para-hydroxylation sites is 2. The minimum absolute atomic E-state index is 0.623. The molecule has 2 unspecified atom stereocenters. The third-order valence-corrected chi connectivity index (χ3v) is 3.89. The molecule has 132 valence electrons. The van der Waals surface area contributed by atoms with Crippen molar-refractivity contribution in [2.75, 3.05) is 10.6 Å². The van der Waals surface area contributed by atoms with Gasteiger partial charge in [-0.3, -0.25) is 0 Å². The van der Waals surface area contributed by atoms with Crippen LogP contribution in [0.5, 0.6) is 0 Å². The molecule has 2 nitrogen and oxygen atoms in total. The van der Waals surface area contributed by atoms with E-state index in [0.29, 0.717) is 12.1 Å². The molecule has 0 saturated heterocycles. The molecular formula is C22H34N2. The van der Waals surface area contributed by atoms with Crippen molar-refractivity contribution in [3.8, 4) is 0 Å². The fourth-order valence-corrected chi connectivity index (χ4v) is 2.97. The van der Waals surface area contributed by atoms with E-state index < -0.39 is 0 Å². The van der Waals surface area contributed by atoms with E-state index in [4.69, 9.17) is 0 Å². The molecule has 2 aliphatic rings. The maximum Gasteiger partial charge on any atom is 0.0375 e. The zero-order chi connectivity index (χ0) is 17.9. The van der Waals surface area contributed by atoms with Crippen molar-refractivity contribution in [2.24, 2.45) is 0 Å². The van der Waals surface area contributed by atoms with Crippen LogP contribution in [0.1, 0.15) is 52.7 Å². The lowest BCUT2D eigenvalue weighted by Crippen LogP contribution is -2.08. The molecule has 0 bridgehead atoms. The van der Waals surface area contributed by atoms with Crippen LogP contribution >= 0.6 is 0 Å². The Hall–Kier alpha value is -1.96. The zero-order valence-corrected chi connectivity index (χ0v) is 16.2. The van der Waals surface area contributed by atoms with Crippen molar-refractivity contribution in [1.29, 1.82) is 0 Å². The summed E-state index contributed by atoms with van der Waals surface area (Å²) in [7, 11) is 0. The van der Waals surface area contributed by atoms with Crippen molar-refractivity contribution in [1.82, 2.24) is 0 Å². The Labute approximate surface area is 148 Å². The first kappa shape index (κ1) is 20.1. The normalized spacial score (nSPS) is 18.8. The lowest BCUT2D eigenvalue weighted by Gasteiger charge is -2.00. The molecule has 0 amide bonds. The number of rotatable bonds is 0. The van der Waals surface area contributed by atoms with E-state index in [1.807, 2.05) is 27.7 Å². The summed E-state index contributed by atoms with van der Waals surface area (Å²) in [5, 5.41) is 6.79. The van der Waals surface area contributed by atoms with Crippen LogP contribution in [0.4, 0.5) is 11.4 Å². The molecule has 0 aromatic heterocycles. The second-order valence-corrected chi connectivity index (χ2v) is 5.81. The second kappa shape index (κ2) is 10.7. The molecule has 0 radical (unpaired) electrons. The van der Waals surface area contributed by atoms with Crippen LogP contribution in [0.15, 0.2) is 48.5 Å². The summed E-state index contributed by atoms with van der Waals surface area (Å²) in [5.41, 5.74) is 5.54. The standard InChI is InChI=1S/2C9H11N.2C2H6/c2*1-7-6-8-4-2-3-5-9(8)10-7;2*1-2/h2*2-5,7,10H,6H2,1H3;2*1-2H3. The first-order valence-corrected chi connectivity index (χ1v) is 9.41. The molecule has 2 heterocycles. The van der Waals surface area contributed by atoms with Crippen LogP contribution in [0.25, 0.3) is 0 Å². The molecule has 0 fully saturated rings. The summed E-state index contributed by atoms with van der Waals surface area (Å²) in [6.07, 6.45) is 2.35. The van der Waals surface area contributed by atoms with Crippen molar-refractivity contribution < 1.29 is 0 Å². The predicted octanol–water partition coefficient (Wildman–Crippen LogP) is 6.14. The Morgan fingerprint density at radius 1 is 0.625 bits per heavy atom. The average molecular weight is 327 g/mol. The monoisotopic (exact) mass is 326 g/mol. The van der Waals surface area contributed by atoms with E-state index in [9.17, 15) is 0 Å². The largest absolute Gasteiger partial charge is 0.382 e. The Kier molecular flexibility index (Phi) is 8.99. The van der Waals surface area contributed by atoms with Gasteiger partial charge in [0.05, 0.1) is 0 Å². The summed E-state index contributed by atoms with van der Waals surface area (Å²) in [5.74, 6) is 0. The van der Waals surface area contributed by atoms with Gasteiger partial charge in [0.2, 0.25) is 0 Å². The third kappa shape index (κ3) is 5.59. The van der Waals surface area contributed by atoms with Gasteiger partial charge in [-0.2, -0.15) is 0 Å². The van der Waals surface area contributed by atoms with Crippen molar-refractivity contribution >= 4 is 11.4 Å². The summed E-state index contributed by atoms with van der Waals surface area (Å²) >= 11 is 0. The summed E-state index contributed by atoms with van der Waals surface area (Å²) in [6, 6.07) is 18.2. The number of nitrogens with one attached hydrogen (secondary N) is 2. The molecule has 2 atom stereocenters. The quantitative estimate of drug-likeness (QED) is 0.607. The van der Waals surface area contributed by atoms with Gasteiger partial charge in [-0.05, 0) is 49.9 Å². The average Bonchev–Trinajstić information content (AvgIpc) is 3.19. The molecule has 2 aromatic rings. The molecule has 2 N–H and O–H groups in total. The van der Waals surface area contributed by atoms with Crippen LogP contribution in [-0.2, 0) is 12.8 Å². The van der Waals surface area contributed by atoms with Gasteiger partial charge in [-0.25, -0.2) is 0 Å². The Bertz CT molecular complexity index is 489. The molecule has 0 spiro atoms. The van der Waals surface area contributed by atoms with E-state index in [1.54, 1.807) is 0 Å². The lowest BCUT2D eigenvalue weighted by molar-refractivity contribution is 0.839. The SMILES string of the molecule is CC.CC.CC1Cc2ccccc2N1.CC1Cc2ccccc2N1. The minimum atomic E-state index is 0.623. The summed E-state index contributed by atoms with van der Waals surface area (Å²) < 4.78 is 0. The first-order valence-electron chi connectivity index (χ1n) is 9.41. The second-order valence-electron chi connectivity index (χ2n) is 5.81. The highest BCUT2D eigenvalue weighted by molar-refractivity contribution is 5.56. The third-order valence-electron chi connectivity index (χ3n) is 3.89. The minimum Gasteiger partial charge on any atom is -0.382 e.